The highest BCUT2D eigenvalue weighted by molar-refractivity contribution is 5.93. The number of rotatable bonds is 8. The van der Waals surface area contributed by atoms with Gasteiger partial charge in [-0.1, -0.05) is 6.07 Å². The number of hydrogen-bond acceptors (Lipinski definition) is 5. The normalized spacial score (nSPS) is 11.4. The summed E-state index contributed by atoms with van der Waals surface area (Å²) >= 11 is 0. The van der Waals surface area contributed by atoms with Gasteiger partial charge in [0.15, 0.2) is 13.1 Å². The van der Waals surface area contributed by atoms with E-state index < -0.39 is 4.92 Å². The number of nitrogens with zero attached hydrogens (tertiary/aromatic N) is 1. The van der Waals surface area contributed by atoms with Crippen LogP contribution in [-0.2, 0) is 9.59 Å². The van der Waals surface area contributed by atoms with Crippen molar-refractivity contribution >= 4 is 28.9 Å². The summed E-state index contributed by atoms with van der Waals surface area (Å²) in [6, 6.07) is 11.2. The Labute approximate surface area is 162 Å². The molecular formula is C19H23N4O5+. The Morgan fingerprint density at radius 3 is 2.25 bits per heavy atom. The van der Waals surface area contributed by atoms with Gasteiger partial charge in [-0.25, -0.2) is 0 Å². The second kappa shape index (κ2) is 9.47. The number of hydrogen-bond donors (Lipinski definition) is 3. The van der Waals surface area contributed by atoms with Gasteiger partial charge in [0, 0.05) is 17.8 Å². The zero-order valence-corrected chi connectivity index (χ0v) is 15.9. The summed E-state index contributed by atoms with van der Waals surface area (Å²) in [6.07, 6.45) is 0. The van der Waals surface area contributed by atoms with Crippen molar-refractivity contribution in [3.8, 4) is 5.75 Å². The van der Waals surface area contributed by atoms with Crippen LogP contribution < -0.4 is 20.3 Å². The fraction of sp³-hybridized carbons (Fsp3) is 0.263. The highest BCUT2D eigenvalue weighted by atomic mass is 16.6. The molecule has 0 saturated carbocycles. The molecule has 0 heterocycles. The van der Waals surface area contributed by atoms with Crippen LogP contribution in [0.15, 0.2) is 42.5 Å². The number of likely N-dealkylation sites (N-methyl/N-ethyl adjacent to an activating group) is 1. The van der Waals surface area contributed by atoms with Gasteiger partial charge in [0.05, 0.1) is 24.8 Å². The smallest absolute Gasteiger partial charge is 0.279 e. The average Bonchev–Trinajstić information content (AvgIpc) is 2.63. The molecule has 0 aromatic heterocycles. The summed E-state index contributed by atoms with van der Waals surface area (Å²) in [7, 11) is 3.28. The molecule has 0 spiro atoms. The number of nitrogens with one attached hydrogen (secondary N) is 3. The number of aryl methyl sites for hydroxylation is 1. The molecule has 0 radical (unpaired) electrons. The van der Waals surface area contributed by atoms with Crippen LogP contribution >= 0.6 is 0 Å². The molecule has 0 aliphatic heterocycles. The zero-order chi connectivity index (χ0) is 20.7. The quantitative estimate of drug-likeness (QED) is 0.462. The molecule has 2 aromatic rings. The van der Waals surface area contributed by atoms with E-state index in [4.69, 9.17) is 4.74 Å². The van der Waals surface area contributed by atoms with Gasteiger partial charge in [0.1, 0.15) is 5.75 Å². The fourth-order valence-corrected chi connectivity index (χ4v) is 2.54. The maximum atomic E-state index is 12.2. The van der Waals surface area contributed by atoms with Crippen molar-refractivity contribution < 1.29 is 24.1 Å². The van der Waals surface area contributed by atoms with Crippen molar-refractivity contribution in [2.24, 2.45) is 0 Å². The van der Waals surface area contributed by atoms with Gasteiger partial charge in [0.25, 0.3) is 17.5 Å². The monoisotopic (exact) mass is 387 g/mol. The number of carbonyl (C=O) groups is 2. The van der Waals surface area contributed by atoms with E-state index in [1.54, 1.807) is 51.4 Å². The molecule has 0 aliphatic rings. The summed E-state index contributed by atoms with van der Waals surface area (Å²) < 4.78 is 5.06. The lowest BCUT2D eigenvalue weighted by atomic mass is 10.2. The van der Waals surface area contributed by atoms with Gasteiger partial charge in [-0.2, -0.15) is 0 Å². The van der Waals surface area contributed by atoms with Crippen LogP contribution in [0, 0.1) is 17.0 Å². The molecule has 0 aliphatic carbocycles. The molecule has 28 heavy (non-hydrogen) atoms. The van der Waals surface area contributed by atoms with Gasteiger partial charge in [0.2, 0.25) is 0 Å². The van der Waals surface area contributed by atoms with Crippen LogP contribution in [0.25, 0.3) is 0 Å². The summed E-state index contributed by atoms with van der Waals surface area (Å²) in [5.74, 6) is 0.120. The van der Waals surface area contributed by atoms with Gasteiger partial charge < -0.3 is 20.3 Å². The van der Waals surface area contributed by atoms with Crippen molar-refractivity contribution in [3.63, 3.8) is 0 Å². The van der Waals surface area contributed by atoms with Gasteiger partial charge in [-0.05, 0) is 36.8 Å². The highest BCUT2D eigenvalue weighted by Gasteiger charge is 2.16. The number of quaternary nitrogens is 1. The van der Waals surface area contributed by atoms with Crippen LogP contribution in [0.3, 0.4) is 0 Å². The van der Waals surface area contributed by atoms with Gasteiger partial charge in [-0.3, -0.25) is 19.7 Å². The molecule has 2 amide bonds. The van der Waals surface area contributed by atoms with Gasteiger partial charge in [-0.15, -0.1) is 0 Å². The summed E-state index contributed by atoms with van der Waals surface area (Å²) in [4.78, 5) is 35.4. The molecule has 3 N–H and O–H groups in total. The maximum absolute atomic E-state index is 12.2. The van der Waals surface area contributed by atoms with Crippen molar-refractivity contribution in [1.82, 2.24) is 0 Å². The number of anilines is 2. The first kappa shape index (κ1) is 20.8. The molecule has 2 aromatic carbocycles. The zero-order valence-electron chi connectivity index (χ0n) is 15.9. The fourth-order valence-electron chi connectivity index (χ4n) is 2.54. The molecule has 0 saturated heterocycles. The summed E-state index contributed by atoms with van der Waals surface area (Å²) in [5, 5.41) is 16.3. The molecule has 9 nitrogen and oxygen atoms in total. The molecule has 1 unspecified atom stereocenters. The van der Waals surface area contributed by atoms with E-state index in [0.717, 1.165) is 0 Å². The third kappa shape index (κ3) is 6.06. The molecule has 2 rings (SSSR count). The van der Waals surface area contributed by atoms with Crippen LogP contribution in [0.5, 0.6) is 5.75 Å². The first-order valence-electron chi connectivity index (χ1n) is 8.58. The Morgan fingerprint density at radius 2 is 1.68 bits per heavy atom. The lowest BCUT2D eigenvalue weighted by molar-refractivity contribution is -0.862. The maximum Gasteiger partial charge on any atom is 0.279 e. The number of carbonyl (C=O) groups excluding carboxylic acids is 2. The minimum Gasteiger partial charge on any atom is -0.497 e. The predicted molar refractivity (Wildman–Crippen MR) is 105 cm³/mol. The Morgan fingerprint density at radius 1 is 1.07 bits per heavy atom. The third-order valence-corrected chi connectivity index (χ3v) is 4.00. The number of ether oxygens (including phenoxy) is 1. The Balaban J connectivity index is 1.87. The molecule has 148 valence electrons. The predicted octanol–water partition coefficient (Wildman–Crippen LogP) is 1.00. The molecular weight excluding hydrogens is 364 g/mol. The van der Waals surface area contributed by atoms with E-state index in [1.165, 1.54) is 12.1 Å². The summed E-state index contributed by atoms with van der Waals surface area (Å²) in [6.45, 7) is 1.88. The number of benzene rings is 2. The average molecular weight is 387 g/mol. The minimum absolute atomic E-state index is 0.0398. The van der Waals surface area contributed by atoms with Crippen molar-refractivity contribution in [3.05, 3.63) is 58.1 Å². The Hall–Kier alpha value is -3.46. The standard InChI is InChI=1S/C19H22N4O5/c1-13-4-7-15(23(26)27)10-17(13)21-19(25)12-22(2)11-18(24)20-14-5-8-16(28-3)9-6-14/h4-10H,11-12H2,1-3H3,(H,20,24)(H,21,25)/p+1. The third-order valence-electron chi connectivity index (χ3n) is 4.00. The summed E-state index contributed by atoms with van der Waals surface area (Å²) in [5.41, 5.74) is 1.64. The SMILES string of the molecule is COc1ccc(NC(=O)C[NH+](C)CC(=O)Nc2cc([N+](=O)[O-])ccc2C)cc1. The van der Waals surface area contributed by atoms with Crippen molar-refractivity contribution in [2.45, 2.75) is 6.92 Å². The van der Waals surface area contributed by atoms with E-state index in [2.05, 4.69) is 10.6 Å². The number of methoxy groups -OCH3 is 1. The molecule has 0 fully saturated rings. The number of non-ortho nitro benzene ring substituents is 1. The van der Waals surface area contributed by atoms with E-state index in [1.807, 2.05) is 0 Å². The highest BCUT2D eigenvalue weighted by Crippen LogP contribution is 2.21. The van der Waals surface area contributed by atoms with Crippen molar-refractivity contribution in [2.75, 3.05) is 37.9 Å². The lowest BCUT2D eigenvalue weighted by Gasteiger charge is -2.14. The van der Waals surface area contributed by atoms with Crippen LogP contribution in [0.4, 0.5) is 17.1 Å². The lowest BCUT2D eigenvalue weighted by Crippen LogP contribution is -3.11. The second-order valence-corrected chi connectivity index (χ2v) is 6.39. The Kier molecular flexibility index (Phi) is 7.05. The largest absolute Gasteiger partial charge is 0.497 e. The van der Waals surface area contributed by atoms with E-state index in [9.17, 15) is 19.7 Å². The van der Waals surface area contributed by atoms with Crippen LogP contribution in [0.1, 0.15) is 5.56 Å². The molecule has 9 heteroatoms. The first-order chi connectivity index (χ1) is 13.3. The van der Waals surface area contributed by atoms with E-state index in [-0.39, 0.29) is 30.6 Å². The number of amides is 2. The minimum atomic E-state index is -0.518. The van der Waals surface area contributed by atoms with Gasteiger partial charge >= 0.3 is 0 Å². The number of nitro benzene ring substituents is 1. The first-order valence-corrected chi connectivity index (χ1v) is 8.58. The van der Waals surface area contributed by atoms with Crippen molar-refractivity contribution in [1.29, 1.82) is 0 Å². The molecule has 1 atom stereocenters. The van der Waals surface area contributed by atoms with E-state index >= 15 is 0 Å². The van der Waals surface area contributed by atoms with Crippen LogP contribution in [0.2, 0.25) is 0 Å². The topological polar surface area (TPSA) is 115 Å². The van der Waals surface area contributed by atoms with Crippen LogP contribution in [-0.4, -0.2) is 44.0 Å². The second-order valence-electron chi connectivity index (χ2n) is 6.39. The number of nitro groups is 1. The Bertz CT molecular complexity index is 867. The van der Waals surface area contributed by atoms with E-state index in [0.29, 0.717) is 27.6 Å². The molecule has 0 bridgehead atoms.